The smallest absolute Gasteiger partial charge is 0.0600 e. The Hall–Kier alpha value is -0.120. The second-order valence-corrected chi connectivity index (χ2v) is 7.33. The standard InChI is InChI=1S/C16H34N2O/c1-14(2)7-8-18-10-9-17(13-15(18)3)11-12-19-16(4,5)6/h14-15H,7-13H2,1-6H3/t15-/m0/s1. The summed E-state index contributed by atoms with van der Waals surface area (Å²) in [6.07, 6.45) is 1.32. The lowest BCUT2D eigenvalue weighted by molar-refractivity contribution is -0.0221. The third-order valence-corrected chi connectivity index (χ3v) is 3.79. The average Bonchev–Trinajstić information content (AvgIpc) is 2.26. The molecular formula is C16H34N2O. The normalized spacial score (nSPS) is 23.2. The number of rotatable bonds is 6. The zero-order valence-corrected chi connectivity index (χ0v) is 13.9. The van der Waals surface area contributed by atoms with E-state index in [-0.39, 0.29) is 5.60 Å². The zero-order chi connectivity index (χ0) is 14.5. The fourth-order valence-electron chi connectivity index (χ4n) is 2.51. The highest BCUT2D eigenvalue weighted by Gasteiger charge is 2.23. The molecular weight excluding hydrogens is 236 g/mol. The lowest BCUT2D eigenvalue weighted by Crippen LogP contribution is -2.52. The molecule has 0 aromatic carbocycles. The number of piperazine rings is 1. The maximum absolute atomic E-state index is 5.82. The predicted molar refractivity (Wildman–Crippen MR) is 82.6 cm³/mol. The van der Waals surface area contributed by atoms with Crippen LogP contribution in [0, 0.1) is 5.92 Å². The fourth-order valence-corrected chi connectivity index (χ4v) is 2.51. The SMILES string of the molecule is CC(C)CCN1CCN(CCOC(C)(C)C)C[C@@H]1C. The first-order valence-corrected chi connectivity index (χ1v) is 7.88. The highest BCUT2D eigenvalue weighted by Crippen LogP contribution is 2.13. The molecule has 0 N–H and O–H groups in total. The Morgan fingerprint density at radius 3 is 2.37 bits per heavy atom. The van der Waals surface area contributed by atoms with E-state index in [9.17, 15) is 0 Å². The van der Waals surface area contributed by atoms with Gasteiger partial charge in [-0.3, -0.25) is 9.80 Å². The molecule has 0 spiro atoms. The first kappa shape index (κ1) is 16.9. The largest absolute Gasteiger partial charge is 0.375 e. The van der Waals surface area contributed by atoms with Crippen LogP contribution < -0.4 is 0 Å². The van der Waals surface area contributed by atoms with E-state index >= 15 is 0 Å². The number of hydrogen-bond donors (Lipinski definition) is 0. The first-order chi connectivity index (χ1) is 8.78. The molecule has 1 aliphatic heterocycles. The van der Waals surface area contributed by atoms with Gasteiger partial charge in [0.1, 0.15) is 0 Å². The Labute approximate surface area is 120 Å². The number of ether oxygens (including phenoxy) is 1. The van der Waals surface area contributed by atoms with Gasteiger partial charge in [-0.25, -0.2) is 0 Å². The van der Waals surface area contributed by atoms with Crippen molar-refractivity contribution in [3.63, 3.8) is 0 Å². The molecule has 3 nitrogen and oxygen atoms in total. The Morgan fingerprint density at radius 2 is 1.84 bits per heavy atom. The summed E-state index contributed by atoms with van der Waals surface area (Å²) >= 11 is 0. The molecule has 19 heavy (non-hydrogen) atoms. The molecule has 0 unspecified atom stereocenters. The highest BCUT2D eigenvalue weighted by molar-refractivity contribution is 4.79. The van der Waals surface area contributed by atoms with Crippen molar-refractivity contribution in [3.05, 3.63) is 0 Å². The van der Waals surface area contributed by atoms with Crippen molar-refractivity contribution >= 4 is 0 Å². The van der Waals surface area contributed by atoms with Crippen molar-refractivity contribution in [1.29, 1.82) is 0 Å². The Kier molecular flexibility index (Phi) is 6.78. The minimum absolute atomic E-state index is 0.00922. The molecule has 114 valence electrons. The van der Waals surface area contributed by atoms with Crippen molar-refractivity contribution in [2.24, 2.45) is 5.92 Å². The predicted octanol–water partition coefficient (Wildman–Crippen LogP) is 2.85. The van der Waals surface area contributed by atoms with Crippen LogP contribution in [0.1, 0.15) is 48.0 Å². The van der Waals surface area contributed by atoms with Crippen LogP contribution in [0.4, 0.5) is 0 Å². The molecule has 1 fully saturated rings. The minimum atomic E-state index is -0.00922. The zero-order valence-electron chi connectivity index (χ0n) is 13.9. The summed E-state index contributed by atoms with van der Waals surface area (Å²) in [6, 6.07) is 0.683. The fraction of sp³-hybridized carbons (Fsp3) is 1.00. The van der Waals surface area contributed by atoms with Crippen molar-refractivity contribution in [2.45, 2.75) is 59.6 Å². The summed E-state index contributed by atoms with van der Waals surface area (Å²) in [4.78, 5) is 5.18. The Bertz CT molecular complexity index is 248. The summed E-state index contributed by atoms with van der Waals surface area (Å²) in [5.74, 6) is 0.811. The lowest BCUT2D eigenvalue weighted by Gasteiger charge is -2.40. The maximum atomic E-state index is 5.82. The van der Waals surface area contributed by atoms with Crippen LogP contribution in [-0.2, 0) is 4.74 Å². The van der Waals surface area contributed by atoms with Crippen LogP contribution in [-0.4, -0.2) is 60.8 Å². The minimum Gasteiger partial charge on any atom is -0.375 e. The van der Waals surface area contributed by atoms with Gasteiger partial charge >= 0.3 is 0 Å². The van der Waals surface area contributed by atoms with E-state index in [1.165, 1.54) is 32.6 Å². The number of hydrogen-bond acceptors (Lipinski definition) is 3. The van der Waals surface area contributed by atoms with E-state index in [1.807, 2.05) is 0 Å². The monoisotopic (exact) mass is 270 g/mol. The third kappa shape index (κ3) is 7.28. The molecule has 1 aliphatic rings. The topological polar surface area (TPSA) is 15.7 Å². The van der Waals surface area contributed by atoms with E-state index in [2.05, 4.69) is 51.3 Å². The van der Waals surface area contributed by atoms with Gasteiger partial charge in [0.05, 0.1) is 12.2 Å². The van der Waals surface area contributed by atoms with Crippen LogP contribution in [0.15, 0.2) is 0 Å². The van der Waals surface area contributed by atoms with Crippen molar-refractivity contribution in [1.82, 2.24) is 9.80 Å². The second-order valence-electron chi connectivity index (χ2n) is 7.33. The van der Waals surface area contributed by atoms with Gasteiger partial charge in [0.15, 0.2) is 0 Å². The molecule has 1 atom stereocenters. The van der Waals surface area contributed by atoms with E-state index in [4.69, 9.17) is 4.74 Å². The molecule has 0 aromatic rings. The Balaban J connectivity index is 2.22. The van der Waals surface area contributed by atoms with E-state index in [0.717, 1.165) is 19.1 Å². The molecule has 3 heteroatoms. The summed E-state index contributed by atoms with van der Waals surface area (Å²) in [5.41, 5.74) is -0.00922. The van der Waals surface area contributed by atoms with E-state index in [1.54, 1.807) is 0 Å². The van der Waals surface area contributed by atoms with Crippen molar-refractivity contribution in [2.75, 3.05) is 39.3 Å². The van der Waals surface area contributed by atoms with Crippen molar-refractivity contribution < 1.29 is 4.74 Å². The van der Waals surface area contributed by atoms with Gasteiger partial charge in [-0.2, -0.15) is 0 Å². The van der Waals surface area contributed by atoms with Gasteiger partial charge in [0.2, 0.25) is 0 Å². The van der Waals surface area contributed by atoms with E-state index < -0.39 is 0 Å². The molecule has 0 aromatic heterocycles. The lowest BCUT2D eigenvalue weighted by atomic mass is 10.1. The van der Waals surface area contributed by atoms with Crippen LogP contribution in [0.25, 0.3) is 0 Å². The molecule has 1 heterocycles. The van der Waals surface area contributed by atoms with Gasteiger partial charge in [-0.05, 0) is 46.6 Å². The average molecular weight is 270 g/mol. The number of nitrogens with zero attached hydrogens (tertiary/aromatic N) is 2. The molecule has 0 amide bonds. The molecule has 0 radical (unpaired) electrons. The van der Waals surface area contributed by atoms with Crippen LogP contribution in [0.3, 0.4) is 0 Å². The van der Waals surface area contributed by atoms with Gasteiger partial charge in [-0.15, -0.1) is 0 Å². The molecule has 0 bridgehead atoms. The highest BCUT2D eigenvalue weighted by atomic mass is 16.5. The molecule has 0 saturated carbocycles. The van der Waals surface area contributed by atoms with Crippen LogP contribution in [0.2, 0.25) is 0 Å². The Morgan fingerprint density at radius 1 is 1.16 bits per heavy atom. The summed E-state index contributed by atoms with van der Waals surface area (Å²) < 4.78 is 5.82. The second kappa shape index (κ2) is 7.61. The van der Waals surface area contributed by atoms with Gasteiger partial charge in [-0.1, -0.05) is 13.8 Å². The third-order valence-electron chi connectivity index (χ3n) is 3.79. The van der Waals surface area contributed by atoms with Crippen LogP contribution in [0.5, 0.6) is 0 Å². The summed E-state index contributed by atoms with van der Waals surface area (Å²) in [6.45, 7) is 20.1. The first-order valence-electron chi connectivity index (χ1n) is 7.88. The molecule has 1 saturated heterocycles. The van der Waals surface area contributed by atoms with Crippen molar-refractivity contribution in [3.8, 4) is 0 Å². The quantitative estimate of drug-likeness (QED) is 0.738. The van der Waals surface area contributed by atoms with Gasteiger partial charge < -0.3 is 4.74 Å². The van der Waals surface area contributed by atoms with Gasteiger partial charge in [0, 0.05) is 32.2 Å². The molecule has 1 rings (SSSR count). The van der Waals surface area contributed by atoms with Crippen LogP contribution >= 0.6 is 0 Å². The molecule has 0 aliphatic carbocycles. The summed E-state index contributed by atoms with van der Waals surface area (Å²) in [5, 5.41) is 0. The summed E-state index contributed by atoms with van der Waals surface area (Å²) in [7, 11) is 0. The van der Waals surface area contributed by atoms with E-state index in [0.29, 0.717) is 6.04 Å². The van der Waals surface area contributed by atoms with Gasteiger partial charge in [0.25, 0.3) is 0 Å². The maximum Gasteiger partial charge on any atom is 0.0600 e.